The van der Waals surface area contributed by atoms with Crippen molar-refractivity contribution in [2.45, 2.75) is 37.6 Å². The summed E-state index contributed by atoms with van der Waals surface area (Å²) >= 11 is 0. The Labute approximate surface area is 114 Å². The molecule has 19 heavy (non-hydrogen) atoms. The van der Waals surface area contributed by atoms with Crippen LogP contribution in [-0.4, -0.2) is 30.8 Å². The Kier molecular flexibility index (Phi) is 4.54. The number of pyridine rings is 1. The fourth-order valence-corrected chi connectivity index (χ4v) is 4.33. The highest BCUT2D eigenvalue weighted by molar-refractivity contribution is 7.89. The molecule has 106 valence electrons. The monoisotopic (exact) mass is 283 g/mol. The molecule has 0 saturated carbocycles. The summed E-state index contributed by atoms with van der Waals surface area (Å²) in [5, 5.41) is 0. The van der Waals surface area contributed by atoms with E-state index in [9.17, 15) is 8.42 Å². The highest BCUT2D eigenvalue weighted by atomic mass is 32.2. The van der Waals surface area contributed by atoms with Crippen molar-refractivity contribution >= 4 is 10.0 Å². The van der Waals surface area contributed by atoms with Crippen molar-refractivity contribution in [2.75, 3.05) is 13.1 Å². The standard InChI is InChI=1S/C13H21N3O2S/c1-2-4-11-6-8-16(10-11)19(17,18)13-5-3-7-15-12(13)9-14/h3,5,7,11H,2,4,6,8-10,14H2,1H3. The predicted molar refractivity (Wildman–Crippen MR) is 73.9 cm³/mol. The lowest BCUT2D eigenvalue weighted by atomic mass is 10.0. The second kappa shape index (κ2) is 5.98. The van der Waals surface area contributed by atoms with Crippen molar-refractivity contribution in [2.24, 2.45) is 11.7 Å². The Morgan fingerprint density at radius 2 is 2.32 bits per heavy atom. The maximum atomic E-state index is 12.6. The fourth-order valence-electron chi connectivity index (χ4n) is 2.61. The van der Waals surface area contributed by atoms with Gasteiger partial charge in [-0.05, 0) is 30.9 Å². The minimum Gasteiger partial charge on any atom is -0.325 e. The molecule has 1 atom stereocenters. The van der Waals surface area contributed by atoms with Crippen LogP contribution in [0.3, 0.4) is 0 Å². The number of hydrogen-bond donors (Lipinski definition) is 1. The van der Waals surface area contributed by atoms with Gasteiger partial charge in [-0.1, -0.05) is 13.3 Å². The molecule has 1 aliphatic rings. The summed E-state index contributed by atoms with van der Waals surface area (Å²) in [6, 6.07) is 3.24. The minimum atomic E-state index is -3.44. The second-order valence-corrected chi connectivity index (χ2v) is 6.87. The molecule has 1 fully saturated rings. The first-order valence-corrected chi connectivity index (χ1v) is 8.17. The van der Waals surface area contributed by atoms with Crippen molar-refractivity contribution in [1.29, 1.82) is 0 Å². The molecule has 5 nitrogen and oxygen atoms in total. The van der Waals surface area contributed by atoms with E-state index >= 15 is 0 Å². The molecule has 1 aromatic rings. The Morgan fingerprint density at radius 3 is 3.00 bits per heavy atom. The predicted octanol–water partition coefficient (Wildman–Crippen LogP) is 1.35. The van der Waals surface area contributed by atoms with Crippen LogP contribution in [0, 0.1) is 5.92 Å². The van der Waals surface area contributed by atoms with Crippen molar-refractivity contribution in [1.82, 2.24) is 9.29 Å². The molecule has 0 radical (unpaired) electrons. The number of aromatic nitrogens is 1. The molecule has 1 unspecified atom stereocenters. The fraction of sp³-hybridized carbons (Fsp3) is 0.615. The molecule has 0 aliphatic carbocycles. The number of sulfonamides is 1. The Hall–Kier alpha value is -0.980. The van der Waals surface area contributed by atoms with Crippen molar-refractivity contribution < 1.29 is 8.42 Å². The molecule has 6 heteroatoms. The second-order valence-electron chi connectivity index (χ2n) is 4.96. The quantitative estimate of drug-likeness (QED) is 0.885. The van der Waals surface area contributed by atoms with Gasteiger partial charge in [0.1, 0.15) is 4.90 Å². The van der Waals surface area contributed by atoms with Gasteiger partial charge in [0.05, 0.1) is 5.69 Å². The summed E-state index contributed by atoms with van der Waals surface area (Å²) in [5.41, 5.74) is 6.02. The van der Waals surface area contributed by atoms with Crippen LogP contribution in [0.1, 0.15) is 31.9 Å². The number of nitrogens with two attached hydrogens (primary N) is 1. The van der Waals surface area contributed by atoms with Gasteiger partial charge in [0.15, 0.2) is 0 Å². The molecule has 0 amide bonds. The van der Waals surface area contributed by atoms with Crippen LogP contribution in [0.4, 0.5) is 0 Å². The summed E-state index contributed by atoms with van der Waals surface area (Å²) in [6.07, 6.45) is 4.71. The van der Waals surface area contributed by atoms with E-state index < -0.39 is 10.0 Å². The molecule has 0 bridgehead atoms. The van der Waals surface area contributed by atoms with E-state index in [0.29, 0.717) is 24.7 Å². The molecular weight excluding hydrogens is 262 g/mol. The Balaban J connectivity index is 2.24. The van der Waals surface area contributed by atoms with Crippen LogP contribution >= 0.6 is 0 Å². The number of rotatable bonds is 5. The number of nitrogens with zero attached hydrogens (tertiary/aromatic N) is 2. The topological polar surface area (TPSA) is 76.3 Å². The number of hydrogen-bond acceptors (Lipinski definition) is 4. The van der Waals surface area contributed by atoms with Gasteiger partial charge in [-0.25, -0.2) is 8.42 Å². The SMILES string of the molecule is CCCC1CCN(S(=O)(=O)c2cccnc2CN)C1. The van der Waals surface area contributed by atoms with Crippen LogP contribution in [0.25, 0.3) is 0 Å². The lowest BCUT2D eigenvalue weighted by molar-refractivity contribution is 0.444. The third-order valence-electron chi connectivity index (χ3n) is 3.61. The van der Waals surface area contributed by atoms with Crippen molar-refractivity contribution in [3.05, 3.63) is 24.0 Å². The summed E-state index contributed by atoms with van der Waals surface area (Å²) in [7, 11) is -3.44. The molecule has 1 aliphatic heterocycles. The maximum Gasteiger partial charge on any atom is 0.244 e. The zero-order chi connectivity index (χ0) is 13.9. The molecule has 1 saturated heterocycles. The third-order valence-corrected chi connectivity index (χ3v) is 5.54. The molecule has 2 rings (SSSR count). The summed E-state index contributed by atoms with van der Waals surface area (Å²) in [5.74, 6) is 0.484. The van der Waals surface area contributed by atoms with Gasteiger partial charge in [0, 0.05) is 25.8 Å². The highest BCUT2D eigenvalue weighted by Crippen LogP contribution is 2.27. The maximum absolute atomic E-state index is 12.6. The summed E-state index contributed by atoms with van der Waals surface area (Å²) in [6.45, 7) is 3.49. The average Bonchev–Trinajstić information content (AvgIpc) is 2.88. The van der Waals surface area contributed by atoms with Crippen LogP contribution in [0.15, 0.2) is 23.2 Å². The van der Waals surface area contributed by atoms with E-state index in [1.807, 2.05) is 0 Å². The van der Waals surface area contributed by atoms with Crippen LogP contribution in [0.2, 0.25) is 0 Å². The van der Waals surface area contributed by atoms with E-state index in [0.717, 1.165) is 19.3 Å². The van der Waals surface area contributed by atoms with E-state index in [4.69, 9.17) is 5.73 Å². The van der Waals surface area contributed by atoms with Crippen molar-refractivity contribution in [3.8, 4) is 0 Å². The smallest absolute Gasteiger partial charge is 0.244 e. The van der Waals surface area contributed by atoms with Crippen molar-refractivity contribution in [3.63, 3.8) is 0 Å². The summed E-state index contributed by atoms with van der Waals surface area (Å²) in [4.78, 5) is 4.32. The minimum absolute atomic E-state index is 0.141. The third kappa shape index (κ3) is 2.96. The van der Waals surface area contributed by atoms with E-state index in [1.54, 1.807) is 22.6 Å². The van der Waals surface area contributed by atoms with Gasteiger partial charge in [0.2, 0.25) is 10.0 Å². The van der Waals surface area contributed by atoms with Crippen LogP contribution in [-0.2, 0) is 16.6 Å². The van der Waals surface area contributed by atoms with E-state index in [2.05, 4.69) is 11.9 Å². The van der Waals surface area contributed by atoms with E-state index in [1.165, 1.54) is 0 Å². The van der Waals surface area contributed by atoms with Gasteiger partial charge >= 0.3 is 0 Å². The molecule has 2 heterocycles. The van der Waals surface area contributed by atoms with Gasteiger partial charge in [-0.15, -0.1) is 0 Å². The molecule has 0 spiro atoms. The first kappa shape index (κ1) is 14.4. The Bertz CT molecular complexity index is 530. The van der Waals surface area contributed by atoms with Crippen LogP contribution < -0.4 is 5.73 Å². The van der Waals surface area contributed by atoms with Gasteiger partial charge in [-0.3, -0.25) is 4.98 Å². The highest BCUT2D eigenvalue weighted by Gasteiger charge is 2.33. The van der Waals surface area contributed by atoms with E-state index in [-0.39, 0.29) is 11.4 Å². The van der Waals surface area contributed by atoms with Crippen LogP contribution in [0.5, 0.6) is 0 Å². The molecule has 2 N–H and O–H groups in total. The zero-order valence-electron chi connectivity index (χ0n) is 11.2. The molecule has 0 aromatic carbocycles. The molecule has 1 aromatic heterocycles. The largest absolute Gasteiger partial charge is 0.325 e. The lowest BCUT2D eigenvalue weighted by Gasteiger charge is -2.18. The first-order chi connectivity index (χ1) is 9.09. The zero-order valence-corrected chi connectivity index (χ0v) is 12.1. The molecular formula is C13H21N3O2S. The van der Waals surface area contributed by atoms with Gasteiger partial charge in [-0.2, -0.15) is 4.31 Å². The first-order valence-electron chi connectivity index (χ1n) is 6.73. The van der Waals surface area contributed by atoms with Gasteiger partial charge < -0.3 is 5.73 Å². The van der Waals surface area contributed by atoms with Gasteiger partial charge in [0.25, 0.3) is 0 Å². The summed E-state index contributed by atoms with van der Waals surface area (Å²) < 4.78 is 26.8. The normalized spacial score (nSPS) is 20.8. The average molecular weight is 283 g/mol. The lowest BCUT2D eigenvalue weighted by Crippen LogP contribution is -2.30. The Morgan fingerprint density at radius 1 is 1.53 bits per heavy atom.